The molecule has 0 aliphatic heterocycles. The van der Waals surface area contributed by atoms with Crippen LogP contribution >= 0.6 is 11.3 Å². The Hall–Kier alpha value is -2.46. The number of carbonyl (C=O) groups excluding carboxylic acids is 1. The van der Waals surface area contributed by atoms with Crippen LogP contribution in [0.15, 0.2) is 53.9 Å². The molecule has 3 rings (SSSR count). The smallest absolute Gasteiger partial charge is 0.180 e. The van der Waals surface area contributed by atoms with Crippen molar-refractivity contribution >= 4 is 22.3 Å². The van der Waals surface area contributed by atoms with E-state index in [1.54, 1.807) is 6.92 Å². The Morgan fingerprint density at radius 1 is 0.957 bits per heavy atom. The number of nitrogens with two attached hydrogens (primary N) is 1. The Morgan fingerprint density at radius 2 is 1.48 bits per heavy atom. The fourth-order valence-corrected chi connectivity index (χ4v) is 2.51. The van der Waals surface area contributed by atoms with Gasteiger partial charge in [-0.25, -0.2) is 4.98 Å². The molecule has 0 saturated carbocycles. The first-order valence-electron chi connectivity index (χ1n) is 7.31. The summed E-state index contributed by atoms with van der Waals surface area (Å²) in [5, 5.41) is 2.59. The normalized spacial score (nSPS) is 9.87. The van der Waals surface area contributed by atoms with Gasteiger partial charge in [-0.05, 0) is 20.8 Å². The lowest BCUT2D eigenvalue weighted by molar-refractivity contribution is 0.101. The van der Waals surface area contributed by atoms with Crippen LogP contribution in [0.5, 0.6) is 0 Å². The van der Waals surface area contributed by atoms with Gasteiger partial charge in [0.1, 0.15) is 0 Å². The number of nitrogen functional groups attached to an aromatic ring is 1. The minimum absolute atomic E-state index is 0.125. The van der Waals surface area contributed by atoms with E-state index in [1.165, 1.54) is 22.5 Å². The molecule has 0 aliphatic rings. The second-order valence-corrected chi connectivity index (χ2v) is 6.25. The lowest BCUT2D eigenvalue weighted by atomic mass is 10.1. The van der Waals surface area contributed by atoms with Crippen LogP contribution in [0, 0.1) is 13.8 Å². The Labute approximate surface area is 140 Å². The van der Waals surface area contributed by atoms with Crippen molar-refractivity contribution in [1.29, 1.82) is 0 Å². The first-order chi connectivity index (χ1) is 11.0. The van der Waals surface area contributed by atoms with Gasteiger partial charge in [-0.3, -0.25) is 4.79 Å². The van der Waals surface area contributed by atoms with Crippen molar-refractivity contribution in [3.8, 4) is 11.3 Å². The van der Waals surface area contributed by atoms with Gasteiger partial charge in [0.2, 0.25) is 0 Å². The molecule has 23 heavy (non-hydrogen) atoms. The molecule has 0 amide bonds. The molecule has 1 aromatic heterocycles. The Morgan fingerprint density at radius 3 is 1.91 bits per heavy atom. The molecule has 2 N–H and O–H groups in total. The minimum Gasteiger partial charge on any atom is -0.375 e. The van der Waals surface area contributed by atoms with E-state index in [4.69, 9.17) is 5.73 Å². The molecule has 0 bridgehead atoms. The van der Waals surface area contributed by atoms with Crippen molar-refractivity contribution < 1.29 is 4.79 Å². The fourth-order valence-electron chi connectivity index (χ4n) is 1.93. The average Bonchev–Trinajstić information content (AvgIpc) is 2.96. The van der Waals surface area contributed by atoms with Crippen molar-refractivity contribution in [2.45, 2.75) is 20.8 Å². The summed E-state index contributed by atoms with van der Waals surface area (Å²) < 4.78 is 0. The number of aromatic nitrogens is 1. The van der Waals surface area contributed by atoms with E-state index in [0.717, 1.165) is 16.8 Å². The van der Waals surface area contributed by atoms with Gasteiger partial charge < -0.3 is 5.73 Å². The maximum absolute atomic E-state index is 10.8. The van der Waals surface area contributed by atoms with Gasteiger partial charge in [-0.2, -0.15) is 0 Å². The number of anilines is 1. The maximum Gasteiger partial charge on any atom is 0.180 e. The molecule has 1 heterocycles. The van der Waals surface area contributed by atoms with Crippen LogP contribution in [-0.4, -0.2) is 10.8 Å². The van der Waals surface area contributed by atoms with E-state index in [9.17, 15) is 4.79 Å². The quantitative estimate of drug-likeness (QED) is 0.682. The highest BCUT2D eigenvalue weighted by Gasteiger charge is 2.00. The molecule has 0 saturated heterocycles. The first-order valence-corrected chi connectivity index (χ1v) is 8.19. The van der Waals surface area contributed by atoms with Crippen molar-refractivity contribution in [2.75, 3.05) is 5.73 Å². The van der Waals surface area contributed by atoms with Crippen LogP contribution in [-0.2, 0) is 0 Å². The molecule has 0 spiro atoms. The maximum atomic E-state index is 10.8. The second kappa shape index (κ2) is 7.70. The SMILES string of the molecule is CC(=O)c1ccc(C)cc1.Cc1ccc(-c2csc(N)n2)cc1. The van der Waals surface area contributed by atoms with Crippen LogP contribution in [0.25, 0.3) is 11.3 Å². The summed E-state index contributed by atoms with van der Waals surface area (Å²) in [6.07, 6.45) is 0. The van der Waals surface area contributed by atoms with Gasteiger partial charge in [0, 0.05) is 16.5 Å². The highest BCUT2D eigenvalue weighted by atomic mass is 32.1. The molecule has 0 fully saturated rings. The predicted octanol–water partition coefficient (Wildman–Crippen LogP) is 4.90. The molecule has 3 aromatic rings. The zero-order valence-electron chi connectivity index (χ0n) is 13.5. The third kappa shape index (κ3) is 5.04. The van der Waals surface area contributed by atoms with E-state index in [2.05, 4.69) is 36.2 Å². The zero-order valence-corrected chi connectivity index (χ0v) is 14.4. The molecule has 0 aliphatic carbocycles. The number of carbonyl (C=O) groups is 1. The van der Waals surface area contributed by atoms with Gasteiger partial charge in [-0.1, -0.05) is 59.7 Å². The van der Waals surface area contributed by atoms with E-state index >= 15 is 0 Å². The number of nitrogens with zero attached hydrogens (tertiary/aromatic N) is 1. The predicted molar refractivity (Wildman–Crippen MR) is 97.9 cm³/mol. The van der Waals surface area contributed by atoms with Crippen LogP contribution in [0.3, 0.4) is 0 Å². The van der Waals surface area contributed by atoms with Gasteiger partial charge in [0.15, 0.2) is 10.9 Å². The summed E-state index contributed by atoms with van der Waals surface area (Å²) in [5.41, 5.74) is 10.9. The highest BCUT2D eigenvalue weighted by Crippen LogP contribution is 2.22. The summed E-state index contributed by atoms with van der Waals surface area (Å²) >= 11 is 1.47. The summed E-state index contributed by atoms with van der Waals surface area (Å²) in [6.45, 7) is 5.65. The molecule has 0 unspecified atom stereocenters. The van der Waals surface area contributed by atoms with E-state index < -0.39 is 0 Å². The largest absolute Gasteiger partial charge is 0.375 e. The van der Waals surface area contributed by atoms with Crippen molar-refractivity contribution in [3.63, 3.8) is 0 Å². The van der Waals surface area contributed by atoms with Crippen LogP contribution in [0.1, 0.15) is 28.4 Å². The Balaban J connectivity index is 0.000000174. The zero-order chi connectivity index (χ0) is 16.8. The van der Waals surface area contributed by atoms with Crippen LogP contribution in [0.2, 0.25) is 0 Å². The number of Topliss-reactive ketones (excluding diaryl/α,β-unsaturated/α-hetero) is 1. The minimum atomic E-state index is 0.125. The van der Waals surface area contributed by atoms with Crippen LogP contribution in [0.4, 0.5) is 5.13 Å². The third-order valence-electron chi connectivity index (χ3n) is 3.33. The van der Waals surface area contributed by atoms with E-state index in [-0.39, 0.29) is 5.78 Å². The third-order valence-corrected chi connectivity index (χ3v) is 4.00. The Bertz CT molecular complexity index is 774. The summed E-state index contributed by atoms with van der Waals surface area (Å²) in [4.78, 5) is 15.0. The number of hydrogen-bond acceptors (Lipinski definition) is 4. The standard InChI is InChI=1S/C10H10N2S.C9H10O/c1-7-2-4-8(5-3-7)9-6-13-10(11)12-9;1-7-3-5-9(6-4-7)8(2)10/h2-6H,1H3,(H2,11,12);3-6H,1-2H3. The highest BCUT2D eigenvalue weighted by molar-refractivity contribution is 7.13. The number of thiazole rings is 1. The molecule has 118 valence electrons. The van der Waals surface area contributed by atoms with Gasteiger partial charge in [0.05, 0.1) is 5.69 Å². The number of ketones is 1. The van der Waals surface area contributed by atoms with Crippen molar-refractivity contribution in [1.82, 2.24) is 4.98 Å². The van der Waals surface area contributed by atoms with Gasteiger partial charge in [-0.15, -0.1) is 11.3 Å². The molecular weight excluding hydrogens is 304 g/mol. The molecule has 2 aromatic carbocycles. The summed E-state index contributed by atoms with van der Waals surface area (Å²) in [6, 6.07) is 15.8. The lowest BCUT2D eigenvalue weighted by Gasteiger charge is -1.96. The topological polar surface area (TPSA) is 56.0 Å². The number of benzene rings is 2. The average molecular weight is 324 g/mol. The Kier molecular flexibility index (Phi) is 5.66. The molecule has 0 radical (unpaired) electrons. The second-order valence-electron chi connectivity index (χ2n) is 5.36. The van der Waals surface area contributed by atoms with E-state index in [0.29, 0.717) is 5.13 Å². The van der Waals surface area contributed by atoms with Crippen molar-refractivity contribution in [2.24, 2.45) is 0 Å². The van der Waals surface area contributed by atoms with Gasteiger partial charge in [0.25, 0.3) is 0 Å². The van der Waals surface area contributed by atoms with E-state index in [1.807, 2.05) is 36.6 Å². The summed E-state index contributed by atoms with van der Waals surface area (Å²) in [7, 11) is 0. The van der Waals surface area contributed by atoms with Crippen molar-refractivity contribution in [3.05, 3.63) is 70.6 Å². The molecule has 4 heteroatoms. The lowest BCUT2D eigenvalue weighted by Crippen LogP contribution is -1.90. The van der Waals surface area contributed by atoms with Gasteiger partial charge >= 0.3 is 0 Å². The monoisotopic (exact) mass is 324 g/mol. The number of aryl methyl sites for hydroxylation is 2. The fraction of sp³-hybridized carbons (Fsp3) is 0.158. The van der Waals surface area contributed by atoms with Crippen LogP contribution < -0.4 is 5.73 Å². The summed E-state index contributed by atoms with van der Waals surface area (Å²) in [5.74, 6) is 0.125. The number of hydrogen-bond donors (Lipinski definition) is 1. The molecule has 0 atom stereocenters. The first kappa shape index (κ1) is 16.9. The molecular formula is C19H20N2OS. The molecule has 3 nitrogen and oxygen atoms in total. The number of rotatable bonds is 2.